The Hall–Kier alpha value is -0.755. The third kappa shape index (κ3) is 8.99. The van der Waals surface area contributed by atoms with E-state index in [2.05, 4.69) is 47.3 Å². The average Bonchev–Trinajstić information content (AvgIpc) is 2.27. The molecule has 0 radical (unpaired) electrons. The van der Waals surface area contributed by atoms with Gasteiger partial charge in [-0.1, -0.05) is 50.0 Å². The summed E-state index contributed by atoms with van der Waals surface area (Å²) in [5, 5.41) is 0. The average molecular weight is 234 g/mol. The van der Waals surface area contributed by atoms with Gasteiger partial charge in [-0.25, -0.2) is 0 Å². The Kier molecular flexibility index (Phi) is 9.94. The summed E-state index contributed by atoms with van der Waals surface area (Å²) in [7, 11) is 2.20. The van der Waals surface area contributed by atoms with E-state index in [0.29, 0.717) is 5.92 Å². The minimum absolute atomic E-state index is 0.596. The number of rotatable bonds is 9. The fourth-order valence-corrected chi connectivity index (χ4v) is 1.70. The van der Waals surface area contributed by atoms with Gasteiger partial charge < -0.3 is 4.74 Å². The molecule has 96 valence electrons. The molecule has 0 aliphatic carbocycles. The smallest absolute Gasteiger partial charge is 0.139 e. The second-order valence-electron chi connectivity index (χ2n) is 4.67. The zero-order valence-corrected chi connectivity index (χ0v) is 12.0. The maximum Gasteiger partial charge on any atom is 0.139 e. The van der Waals surface area contributed by atoms with E-state index in [1.54, 1.807) is 0 Å². The monoisotopic (exact) mass is 234 g/mol. The highest BCUT2D eigenvalue weighted by Crippen LogP contribution is 2.15. The van der Waals surface area contributed by atoms with Gasteiger partial charge in [0.1, 0.15) is 7.85 Å². The lowest BCUT2D eigenvalue weighted by Crippen LogP contribution is -2.01. The van der Waals surface area contributed by atoms with Crippen molar-refractivity contribution in [1.82, 2.24) is 0 Å². The summed E-state index contributed by atoms with van der Waals surface area (Å²) in [4.78, 5) is 0. The summed E-state index contributed by atoms with van der Waals surface area (Å²) in [5.74, 6) is 0.596. The molecule has 0 heterocycles. The first-order valence-corrected chi connectivity index (χ1v) is 6.68. The second kappa shape index (κ2) is 10.4. The molecule has 0 N–H and O–H groups in total. The molecule has 0 amide bonds. The van der Waals surface area contributed by atoms with E-state index in [4.69, 9.17) is 4.74 Å². The normalized spacial score (nSPS) is 13.2. The molecule has 0 fully saturated rings. The molecule has 0 saturated heterocycles. The molecule has 0 unspecified atom stereocenters. The van der Waals surface area contributed by atoms with Gasteiger partial charge in [0.25, 0.3) is 0 Å². The zero-order chi connectivity index (χ0) is 13.1. The van der Waals surface area contributed by atoms with Gasteiger partial charge in [-0.05, 0) is 25.2 Å². The molecule has 0 atom stereocenters. The molecule has 0 aliphatic heterocycles. The van der Waals surface area contributed by atoms with Crippen LogP contribution in [0, 0.1) is 5.92 Å². The third-order valence-electron chi connectivity index (χ3n) is 2.53. The Balaban J connectivity index is 4.22. The lowest BCUT2D eigenvalue weighted by molar-refractivity contribution is 0.142. The Labute approximate surface area is 108 Å². The van der Waals surface area contributed by atoms with Crippen LogP contribution in [0.2, 0.25) is 0 Å². The fraction of sp³-hybridized carbons (Fsp3) is 0.600. The standard InChI is InChI=1S/C15H27BO/c1-5-7-10-17-11-9-14(12-13(3)4)15(16)8-6-2/h5,8,12-13H,1,6-7,9-11,16H2,2-4H3/b14-12-,15-8+. The molecule has 0 rings (SSSR count). The van der Waals surface area contributed by atoms with Crippen LogP contribution in [-0.2, 0) is 4.74 Å². The van der Waals surface area contributed by atoms with Crippen LogP contribution in [0.25, 0.3) is 0 Å². The largest absolute Gasteiger partial charge is 0.381 e. The van der Waals surface area contributed by atoms with E-state index in [-0.39, 0.29) is 0 Å². The summed E-state index contributed by atoms with van der Waals surface area (Å²) in [6.45, 7) is 11.9. The van der Waals surface area contributed by atoms with Gasteiger partial charge in [-0.2, -0.15) is 0 Å². The Morgan fingerprint density at radius 2 is 2.06 bits per heavy atom. The first-order chi connectivity index (χ1) is 8.11. The quantitative estimate of drug-likeness (QED) is 0.257. The first kappa shape index (κ1) is 16.2. The van der Waals surface area contributed by atoms with Gasteiger partial charge in [0.15, 0.2) is 0 Å². The van der Waals surface area contributed by atoms with Gasteiger partial charge in [-0.3, -0.25) is 0 Å². The lowest BCUT2D eigenvalue weighted by Gasteiger charge is -2.11. The predicted octanol–water partition coefficient (Wildman–Crippen LogP) is 3.48. The van der Waals surface area contributed by atoms with Crippen molar-refractivity contribution in [3.05, 3.63) is 35.9 Å². The molecule has 0 aromatic carbocycles. The first-order valence-electron chi connectivity index (χ1n) is 6.68. The van der Waals surface area contributed by atoms with Crippen LogP contribution in [0.3, 0.4) is 0 Å². The van der Waals surface area contributed by atoms with Crippen molar-refractivity contribution in [3.63, 3.8) is 0 Å². The van der Waals surface area contributed by atoms with Crippen molar-refractivity contribution in [3.8, 4) is 0 Å². The van der Waals surface area contributed by atoms with E-state index < -0.39 is 0 Å². The van der Waals surface area contributed by atoms with Crippen LogP contribution in [0.1, 0.15) is 40.0 Å². The van der Waals surface area contributed by atoms with Crippen LogP contribution >= 0.6 is 0 Å². The fourth-order valence-electron chi connectivity index (χ4n) is 1.70. The molecule has 0 aromatic rings. The molecule has 0 aromatic heterocycles. The maximum absolute atomic E-state index is 5.58. The molecule has 0 aliphatic rings. The van der Waals surface area contributed by atoms with Crippen LogP contribution in [-0.4, -0.2) is 21.1 Å². The molecule has 0 bridgehead atoms. The molecule has 0 saturated carbocycles. The molecule has 1 nitrogen and oxygen atoms in total. The van der Waals surface area contributed by atoms with Crippen molar-refractivity contribution in [2.75, 3.05) is 13.2 Å². The zero-order valence-electron chi connectivity index (χ0n) is 12.0. The summed E-state index contributed by atoms with van der Waals surface area (Å²) in [5.41, 5.74) is 2.83. The summed E-state index contributed by atoms with van der Waals surface area (Å²) in [6.07, 6.45) is 9.58. The molecule has 17 heavy (non-hydrogen) atoms. The van der Waals surface area contributed by atoms with E-state index in [0.717, 1.165) is 32.5 Å². The van der Waals surface area contributed by atoms with E-state index in [9.17, 15) is 0 Å². The van der Waals surface area contributed by atoms with Crippen molar-refractivity contribution in [2.24, 2.45) is 5.92 Å². The van der Waals surface area contributed by atoms with Gasteiger partial charge in [0, 0.05) is 0 Å². The Morgan fingerprint density at radius 1 is 1.35 bits per heavy atom. The minimum Gasteiger partial charge on any atom is -0.381 e. The highest BCUT2D eigenvalue weighted by molar-refractivity contribution is 6.24. The van der Waals surface area contributed by atoms with Crippen LogP contribution < -0.4 is 0 Å². The van der Waals surface area contributed by atoms with Crippen LogP contribution in [0.4, 0.5) is 0 Å². The predicted molar refractivity (Wildman–Crippen MR) is 80.1 cm³/mol. The van der Waals surface area contributed by atoms with Crippen molar-refractivity contribution < 1.29 is 4.74 Å². The van der Waals surface area contributed by atoms with Crippen LogP contribution in [0.5, 0.6) is 0 Å². The number of ether oxygens (including phenoxy) is 1. The number of hydrogen-bond acceptors (Lipinski definition) is 1. The second-order valence-corrected chi connectivity index (χ2v) is 4.67. The maximum atomic E-state index is 5.58. The topological polar surface area (TPSA) is 9.23 Å². The number of hydrogen-bond donors (Lipinski definition) is 0. The summed E-state index contributed by atoms with van der Waals surface area (Å²) in [6, 6.07) is 0. The van der Waals surface area contributed by atoms with E-state index >= 15 is 0 Å². The minimum atomic E-state index is 0.596. The molecular formula is C15H27BO. The summed E-state index contributed by atoms with van der Waals surface area (Å²) >= 11 is 0. The summed E-state index contributed by atoms with van der Waals surface area (Å²) < 4.78 is 5.58. The molecule has 0 spiro atoms. The lowest BCUT2D eigenvalue weighted by atomic mass is 9.84. The highest BCUT2D eigenvalue weighted by Gasteiger charge is 2.01. The van der Waals surface area contributed by atoms with Gasteiger partial charge in [0.05, 0.1) is 13.2 Å². The van der Waals surface area contributed by atoms with Crippen LogP contribution in [0.15, 0.2) is 35.9 Å². The van der Waals surface area contributed by atoms with Crippen molar-refractivity contribution in [1.29, 1.82) is 0 Å². The number of allylic oxidation sites excluding steroid dienone is 3. The van der Waals surface area contributed by atoms with Gasteiger partial charge >= 0.3 is 0 Å². The van der Waals surface area contributed by atoms with Crippen molar-refractivity contribution in [2.45, 2.75) is 40.0 Å². The highest BCUT2D eigenvalue weighted by atomic mass is 16.5. The van der Waals surface area contributed by atoms with Gasteiger partial charge in [-0.15, -0.1) is 6.58 Å². The van der Waals surface area contributed by atoms with E-state index in [1.165, 1.54) is 11.0 Å². The SMILES string of the molecule is BC(=C/CC)/C(=C\C(C)C)CCOCCC=C. The van der Waals surface area contributed by atoms with Gasteiger partial charge in [0.2, 0.25) is 0 Å². The third-order valence-corrected chi connectivity index (χ3v) is 2.53. The Bertz CT molecular complexity index is 264. The molecule has 2 heteroatoms. The Morgan fingerprint density at radius 3 is 2.59 bits per heavy atom. The van der Waals surface area contributed by atoms with Crippen molar-refractivity contribution >= 4 is 7.85 Å². The van der Waals surface area contributed by atoms with E-state index in [1.807, 2.05) is 6.08 Å². The molecular weight excluding hydrogens is 207 g/mol.